The van der Waals surface area contributed by atoms with Gasteiger partial charge in [0.2, 0.25) is 0 Å². The maximum Gasteiger partial charge on any atom is 0.128 e. The van der Waals surface area contributed by atoms with Gasteiger partial charge in [0.05, 0.1) is 28.8 Å². The van der Waals surface area contributed by atoms with Crippen molar-refractivity contribution < 1.29 is 4.39 Å². The summed E-state index contributed by atoms with van der Waals surface area (Å²) in [5, 5.41) is 6.79. The molecule has 0 saturated heterocycles. The first kappa shape index (κ1) is 14.7. The maximum atomic E-state index is 14.2. The average molecular weight is 387 g/mol. The van der Waals surface area contributed by atoms with E-state index in [4.69, 9.17) is 11.6 Å². The molecule has 21 heavy (non-hydrogen) atoms. The third kappa shape index (κ3) is 3.33. The highest BCUT2D eigenvalue weighted by molar-refractivity contribution is 9.10. The first-order valence-corrected chi connectivity index (χ1v) is 8.33. The van der Waals surface area contributed by atoms with E-state index < -0.39 is 0 Å². The van der Waals surface area contributed by atoms with Crippen LogP contribution in [0.4, 0.5) is 4.39 Å². The Labute approximate surface area is 138 Å². The summed E-state index contributed by atoms with van der Waals surface area (Å²) in [6.07, 6.45) is 3.48. The molecule has 0 aliphatic carbocycles. The van der Waals surface area contributed by atoms with Crippen molar-refractivity contribution in [1.29, 1.82) is 0 Å². The molecule has 2 heterocycles. The number of halogens is 3. The summed E-state index contributed by atoms with van der Waals surface area (Å²) in [6.45, 7) is 0.391. The Morgan fingerprint density at radius 1 is 1.38 bits per heavy atom. The van der Waals surface area contributed by atoms with Crippen LogP contribution in [0.5, 0.6) is 0 Å². The minimum atomic E-state index is -0.262. The molecule has 3 rings (SSSR count). The molecule has 0 bridgehead atoms. The van der Waals surface area contributed by atoms with Crippen molar-refractivity contribution in [3.8, 4) is 10.6 Å². The molecule has 3 aromatic rings. The van der Waals surface area contributed by atoms with E-state index in [0.717, 1.165) is 20.7 Å². The van der Waals surface area contributed by atoms with E-state index in [9.17, 15) is 4.39 Å². The lowest BCUT2D eigenvalue weighted by molar-refractivity contribution is 0.585. The van der Waals surface area contributed by atoms with Gasteiger partial charge in [-0.05, 0) is 22.0 Å². The van der Waals surface area contributed by atoms with E-state index in [2.05, 4.69) is 26.0 Å². The quantitative estimate of drug-likeness (QED) is 0.609. The lowest BCUT2D eigenvalue weighted by Crippen LogP contribution is -2.02. The maximum absolute atomic E-state index is 14.2. The standard InChI is InChI=1S/C14H10BrClFN3S/c15-11-5-18-20(7-11)6-10-2-1-9(3-13(10)17)14-19-12(4-16)8-21-14/h1-3,5,7-8H,4,6H2. The number of benzene rings is 1. The van der Waals surface area contributed by atoms with Crippen molar-refractivity contribution >= 4 is 38.9 Å². The van der Waals surface area contributed by atoms with Gasteiger partial charge in [0.15, 0.2) is 0 Å². The van der Waals surface area contributed by atoms with E-state index in [-0.39, 0.29) is 5.82 Å². The number of rotatable bonds is 4. The second-order valence-corrected chi connectivity index (χ2v) is 6.48. The van der Waals surface area contributed by atoms with Crippen LogP contribution in [0.15, 0.2) is 40.4 Å². The molecule has 0 fully saturated rings. The SMILES string of the molecule is Fc1cc(-c2nc(CCl)cs2)ccc1Cn1cc(Br)cn1. The first-order valence-electron chi connectivity index (χ1n) is 6.13. The Kier molecular flexibility index (Phi) is 4.37. The van der Waals surface area contributed by atoms with E-state index in [1.165, 1.54) is 17.4 Å². The van der Waals surface area contributed by atoms with Crippen LogP contribution >= 0.6 is 38.9 Å². The number of hydrogen-bond donors (Lipinski definition) is 0. The molecule has 0 saturated carbocycles. The van der Waals surface area contributed by atoms with Crippen molar-refractivity contribution in [3.63, 3.8) is 0 Å². The average Bonchev–Trinajstić information content (AvgIpc) is 3.10. The predicted molar refractivity (Wildman–Crippen MR) is 86.1 cm³/mol. The fraction of sp³-hybridized carbons (Fsp3) is 0.143. The van der Waals surface area contributed by atoms with Crippen molar-refractivity contribution in [2.75, 3.05) is 0 Å². The van der Waals surface area contributed by atoms with Crippen LogP contribution in [0.3, 0.4) is 0 Å². The molecular formula is C14H10BrClFN3S. The zero-order valence-corrected chi connectivity index (χ0v) is 13.9. The Morgan fingerprint density at radius 2 is 2.24 bits per heavy atom. The minimum absolute atomic E-state index is 0.262. The van der Waals surface area contributed by atoms with Gasteiger partial charge in [-0.3, -0.25) is 4.68 Å². The molecule has 7 heteroatoms. The smallest absolute Gasteiger partial charge is 0.128 e. The fourth-order valence-electron chi connectivity index (χ4n) is 1.91. The zero-order chi connectivity index (χ0) is 14.8. The molecule has 0 radical (unpaired) electrons. The van der Waals surface area contributed by atoms with Crippen molar-refractivity contribution in [2.45, 2.75) is 12.4 Å². The van der Waals surface area contributed by atoms with E-state index in [1.54, 1.807) is 23.1 Å². The number of alkyl halides is 1. The third-order valence-corrected chi connectivity index (χ3v) is 4.55. The Hall–Kier alpha value is -1.24. The van der Waals surface area contributed by atoms with Crippen molar-refractivity contribution in [1.82, 2.24) is 14.8 Å². The van der Waals surface area contributed by atoms with E-state index in [1.807, 2.05) is 11.4 Å². The molecule has 1 aromatic carbocycles. The van der Waals surface area contributed by atoms with Crippen molar-refractivity contribution in [3.05, 3.63) is 57.5 Å². The van der Waals surface area contributed by atoms with Crippen LogP contribution in [0, 0.1) is 5.82 Å². The lowest BCUT2D eigenvalue weighted by atomic mass is 10.1. The van der Waals surface area contributed by atoms with Gasteiger partial charge in [0.25, 0.3) is 0 Å². The molecule has 0 spiro atoms. The van der Waals surface area contributed by atoms with Crippen LogP contribution in [-0.4, -0.2) is 14.8 Å². The number of hydrogen-bond acceptors (Lipinski definition) is 3. The van der Waals surface area contributed by atoms with Gasteiger partial charge in [0, 0.05) is 22.7 Å². The van der Waals surface area contributed by atoms with Crippen LogP contribution in [0.1, 0.15) is 11.3 Å². The predicted octanol–water partition coefficient (Wildman–Crippen LogP) is 4.70. The Balaban J connectivity index is 1.85. The van der Waals surface area contributed by atoms with Gasteiger partial charge in [0.1, 0.15) is 10.8 Å². The molecule has 3 nitrogen and oxygen atoms in total. The normalized spacial score (nSPS) is 11.0. The Bertz CT molecular complexity index is 771. The molecule has 0 aliphatic heterocycles. The van der Waals surface area contributed by atoms with Gasteiger partial charge in [-0.1, -0.05) is 12.1 Å². The van der Waals surface area contributed by atoms with Crippen LogP contribution in [-0.2, 0) is 12.4 Å². The molecule has 2 aromatic heterocycles. The minimum Gasteiger partial charge on any atom is -0.267 e. The lowest BCUT2D eigenvalue weighted by Gasteiger charge is -2.05. The number of aromatic nitrogens is 3. The van der Waals surface area contributed by atoms with Gasteiger partial charge >= 0.3 is 0 Å². The number of nitrogens with zero attached hydrogens (tertiary/aromatic N) is 3. The highest BCUT2D eigenvalue weighted by Crippen LogP contribution is 2.26. The Morgan fingerprint density at radius 3 is 2.86 bits per heavy atom. The topological polar surface area (TPSA) is 30.7 Å². The summed E-state index contributed by atoms with van der Waals surface area (Å²) in [7, 11) is 0. The fourth-order valence-corrected chi connectivity index (χ4v) is 3.28. The monoisotopic (exact) mass is 385 g/mol. The molecule has 108 valence electrons. The first-order chi connectivity index (χ1) is 10.2. The molecule has 0 N–H and O–H groups in total. The summed E-state index contributed by atoms with van der Waals surface area (Å²) in [6, 6.07) is 5.14. The molecule has 0 amide bonds. The van der Waals surface area contributed by atoms with E-state index >= 15 is 0 Å². The van der Waals surface area contributed by atoms with Crippen LogP contribution in [0.2, 0.25) is 0 Å². The summed E-state index contributed by atoms with van der Waals surface area (Å²) in [4.78, 5) is 4.35. The summed E-state index contributed by atoms with van der Waals surface area (Å²) >= 11 is 10.5. The second kappa shape index (κ2) is 6.25. The van der Waals surface area contributed by atoms with Gasteiger partial charge in [-0.2, -0.15) is 5.10 Å². The second-order valence-electron chi connectivity index (χ2n) is 4.44. The molecule has 0 atom stereocenters. The van der Waals surface area contributed by atoms with Crippen LogP contribution < -0.4 is 0 Å². The largest absolute Gasteiger partial charge is 0.267 e. The highest BCUT2D eigenvalue weighted by Gasteiger charge is 2.09. The summed E-state index contributed by atoms with van der Waals surface area (Å²) in [5.74, 6) is 0.104. The summed E-state index contributed by atoms with van der Waals surface area (Å²) < 4.78 is 16.8. The van der Waals surface area contributed by atoms with Gasteiger partial charge in [-0.25, -0.2) is 9.37 Å². The van der Waals surface area contributed by atoms with Gasteiger partial charge < -0.3 is 0 Å². The summed E-state index contributed by atoms with van der Waals surface area (Å²) in [5.41, 5.74) is 2.16. The molecular weight excluding hydrogens is 377 g/mol. The van der Waals surface area contributed by atoms with E-state index in [0.29, 0.717) is 18.0 Å². The number of thiazole rings is 1. The highest BCUT2D eigenvalue weighted by atomic mass is 79.9. The van der Waals surface area contributed by atoms with Crippen molar-refractivity contribution in [2.24, 2.45) is 0 Å². The van der Waals surface area contributed by atoms with Crippen LogP contribution in [0.25, 0.3) is 10.6 Å². The molecule has 0 unspecified atom stereocenters. The van der Waals surface area contributed by atoms with Gasteiger partial charge in [-0.15, -0.1) is 22.9 Å². The zero-order valence-electron chi connectivity index (χ0n) is 10.8. The third-order valence-electron chi connectivity index (χ3n) is 2.92. The molecule has 0 aliphatic rings.